The quantitative estimate of drug-likeness (QED) is 0.634. The summed E-state index contributed by atoms with van der Waals surface area (Å²) in [5.41, 5.74) is 0. The molecule has 0 radical (unpaired) electrons. The number of nitrogens with zero attached hydrogens (tertiary/aromatic N) is 1. The molecule has 1 aliphatic rings. The smallest absolute Gasteiger partial charge is 0.329 e. The number of hydrogen-bond acceptors (Lipinski definition) is 3. The molecule has 0 saturated carbocycles. The summed E-state index contributed by atoms with van der Waals surface area (Å²) in [5.74, 6) is 0. The molecule has 1 rings (SSSR count). The Morgan fingerprint density at radius 3 is 2.33 bits per heavy atom. The first kappa shape index (κ1) is 10.2. The van der Waals surface area contributed by atoms with Crippen LogP contribution in [0, 0.1) is 0 Å². The van der Waals surface area contributed by atoms with Gasteiger partial charge in [-0.05, 0) is 51.5 Å². The zero-order chi connectivity index (χ0) is 9.03. The van der Waals surface area contributed by atoms with Gasteiger partial charge in [0.1, 0.15) is 0 Å². The van der Waals surface area contributed by atoms with Crippen LogP contribution in [-0.4, -0.2) is 42.7 Å². The third-order valence-corrected chi connectivity index (χ3v) is 3.62. The van der Waals surface area contributed by atoms with Gasteiger partial charge in [-0.25, -0.2) is 0 Å². The van der Waals surface area contributed by atoms with Crippen LogP contribution >= 0.6 is 0 Å². The van der Waals surface area contributed by atoms with E-state index in [4.69, 9.17) is 9.59 Å². The van der Waals surface area contributed by atoms with Crippen LogP contribution in [0.3, 0.4) is 0 Å². The highest BCUT2D eigenvalue weighted by Crippen LogP contribution is 2.10. The normalized spacial score (nSPS) is 20.2. The van der Waals surface area contributed by atoms with Crippen molar-refractivity contribution in [2.75, 3.05) is 19.6 Å². The molecule has 0 amide bonds. The number of hydrogen-bond donors (Lipinski definition) is 2. The van der Waals surface area contributed by atoms with Crippen LogP contribution < -0.4 is 0 Å². The largest absolute Gasteiger partial charge is 0.411 e. The van der Waals surface area contributed by atoms with E-state index < -0.39 is 8.56 Å². The maximum absolute atomic E-state index is 9.17. The van der Waals surface area contributed by atoms with Crippen LogP contribution in [0.2, 0.25) is 12.6 Å². The summed E-state index contributed by atoms with van der Waals surface area (Å²) in [6.45, 7) is 5.03. The average molecular weight is 189 g/mol. The zero-order valence-corrected chi connectivity index (χ0v) is 8.79. The Kier molecular flexibility index (Phi) is 3.70. The van der Waals surface area contributed by atoms with Gasteiger partial charge in [-0.1, -0.05) is 0 Å². The van der Waals surface area contributed by atoms with Gasteiger partial charge in [-0.3, -0.25) is 0 Å². The van der Waals surface area contributed by atoms with E-state index in [0.29, 0.717) is 6.04 Å². The minimum absolute atomic E-state index is 0.615. The minimum Gasteiger partial charge on any atom is -0.411 e. The highest BCUT2D eigenvalue weighted by Gasteiger charge is 2.21. The molecular weight excluding hydrogens is 170 g/mol. The first-order valence-electron chi connectivity index (χ1n) is 4.75. The van der Waals surface area contributed by atoms with E-state index in [1.807, 2.05) is 0 Å². The molecule has 3 nitrogen and oxygen atoms in total. The summed E-state index contributed by atoms with van der Waals surface area (Å²) in [6.07, 6.45) is 3.57. The Balaban J connectivity index is 2.02. The Bertz CT molecular complexity index is 130. The maximum Gasteiger partial charge on any atom is 0.329 e. The summed E-state index contributed by atoms with van der Waals surface area (Å²) in [7, 11) is -2.76. The second kappa shape index (κ2) is 4.37. The SMILES string of the molecule is C[Si](O)(O)CCCN1CCCC1. The second-order valence-electron chi connectivity index (χ2n) is 3.87. The lowest BCUT2D eigenvalue weighted by Crippen LogP contribution is -2.31. The minimum atomic E-state index is -2.76. The van der Waals surface area contributed by atoms with Gasteiger partial charge in [-0.2, -0.15) is 0 Å². The fourth-order valence-electron chi connectivity index (χ4n) is 1.64. The molecule has 0 aliphatic carbocycles. The lowest BCUT2D eigenvalue weighted by Gasteiger charge is -2.16. The molecule has 2 N–H and O–H groups in total. The maximum atomic E-state index is 9.17. The van der Waals surface area contributed by atoms with E-state index in [0.717, 1.165) is 13.0 Å². The van der Waals surface area contributed by atoms with Crippen LogP contribution in [0.5, 0.6) is 0 Å². The van der Waals surface area contributed by atoms with Crippen molar-refractivity contribution in [1.82, 2.24) is 4.90 Å². The van der Waals surface area contributed by atoms with E-state index in [1.54, 1.807) is 6.55 Å². The number of rotatable bonds is 4. The van der Waals surface area contributed by atoms with E-state index in [-0.39, 0.29) is 0 Å². The molecule has 0 unspecified atom stereocenters. The fourth-order valence-corrected chi connectivity index (χ4v) is 2.47. The topological polar surface area (TPSA) is 43.7 Å². The molecule has 0 aromatic carbocycles. The fraction of sp³-hybridized carbons (Fsp3) is 1.00. The lowest BCUT2D eigenvalue weighted by molar-refractivity contribution is 0.323. The first-order valence-corrected chi connectivity index (χ1v) is 7.35. The van der Waals surface area contributed by atoms with Gasteiger partial charge in [0.25, 0.3) is 0 Å². The van der Waals surface area contributed by atoms with Crippen LogP contribution in [0.25, 0.3) is 0 Å². The third kappa shape index (κ3) is 4.20. The summed E-state index contributed by atoms with van der Waals surface area (Å²) < 4.78 is 0. The van der Waals surface area contributed by atoms with Crippen molar-refractivity contribution in [2.24, 2.45) is 0 Å². The highest BCUT2D eigenvalue weighted by molar-refractivity contribution is 6.63. The van der Waals surface area contributed by atoms with Gasteiger partial charge in [0.05, 0.1) is 0 Å². The Morgan fingerprint density at radius 2 is 1.83 bits per heavy atom. The molecule has 0 atom stereocenters. The van der Waals surface area contributed by atoms with Crippen molar-refractivity contribution >= 4 is 8.56 Å². The standard InChI is InChI=1S/C8H19NO2Si/c1-12(10,11)8-4-7-9-5-2-3-6-9/h10-11H,2-8H2,1H3. The van der Waals surface area contributed by atoms with Crippen molar-refractivity contribution in [2.45, 2.75) is 31.9 Å². The van der Waals surface area contributed by atoms with E-state index in [1.165, 1.54) is 25.9 Å². The molecule has 12 heavy (non-hydrogen) atoms. The monoisotopic (exact) mass is 189 g/mol. The van der Waals surface area contributed by atoms with Gasteiger partial charge in [-0.15, -0.1) is 0 Å². The van der Waals surface area contributed by atoms with Crippen molar-refractivity contribution < 1.29 is 9.59 Å². The Morgan fingerprint density at radius 1 is 1.25 bits per heavy atom. The average Bonchev–Trinajstić information content (AvgIpc) is 2.36. The Hall–Kier alpha value is 0.0969. The highest BCUT2D eigenvalue weighted by atomic mass is 28.4. The van der Waals surface area contributed by atoms with Crippen molar-refractivity contribution in [1.29, 1.82) is 0 Å². The summed E-state index contributed by atoms with van der Waals surface area (Å²) in [4.78, 5) is 20.7. The van der Waals surface area contributed by atoms with Gasteiger partial charge in [0, 0.05) is 0 Å². The zero-order valence-electron chi connectivity index (χ0n) is 7.79. The van der Waals surface area contributed by atoms with Crippen molar-refractivity contribution in [3.63, 3.8) is 0 Å². The van der Waals surface area contributed by atoms with Gasteiger partial charge in [0.2, 0.25) is 0 Å². The summed E-state index contributed by atoms with van der Waals surface area (Å²) in [6, 6.07) is 0.615. The molecule has 72 valence electrons. The van der Waals surface area contributed by atoms with Gasteiger partial charge >= 0.3 is 8.56 Å². The molecule has 0 spiro atoms. The summed E-state index contributed by atoms with van der Waals surface area (Å²) >= 11 is 0. The van der Waals surface area contributed by atoms with Crippen LogP contribution in [-0.2, 0) is 0 Å². The molecule has 0 aromatic rings. The summed E-state index contributed by atoms with van der Waals surface area (Å²) in [5, 5.41) is 0. The molecule has 1 saturated heterocycles. The van der Waals surface area contributed by atoms with E-state index in [9.17, 15) is 0 Å². The van der Waals surface area contributed by atoms with Crippen molar-refractivity contribution in [3.05, 3.63) is 0 Å². The number of likely N-dealkylation sites (tertiary alicyclic amines) is 1. The molecule has 1 heterocycles. The van der Waals surface area contributed by atoms with Crippen LogP contribution in [0.1, 0.15) is 19.3 Å². The first-order chi connectivity index (χ1) is 5.58. The van der Waals surface area contributed by atoms with E-state index in [2.05, 4.69) is 4.90 Å². The lowest BCUT2D eigenvalue weighted by atomic mass is 10.4. The molecule has 1 fully saturated rings. The van der Waals surface area contributed by atoms with Gasteiger partial charge < -0.3 is 14.5 Å². The molecule has 4 heteroatoms. The van der Waals surface area contributed by atoms with Crippen molar-refractivity contribution in [3.8, 4) is 0 Å². The molecule has 0 bridgehead atoms. The predicted molar refractivity (Wildman–Crippen MR) is 51.2 cm³/mol. The molecule has 0 aromatic heterocycles. The van der Waals surface area contributed by atoms with Crippen LogP contribution in [0.4, 0.5) is 0 Å². The van der Waals surface area contributed by atoms with Crippen LogP contribution in [0.15, 0.2) is 0 Å². The third-order valence-electron chi connectivity index (χ3n) is 2.32. The van der Waals surface area contributed by atoms with E-state index >= 15 is 0 Å². The molecular formula is C8H19NO2Si. The Labute approximate surface area is 75.3 Å². The second-order valence-corrected chi connectivity index (χ2v) is 6.80. The van der Waals surface area contributed by atoms with Gasteiger partial charge in [0.15, 0.2) is 0 Å². The predicted octanol–water partition coefficient (Wildman–Crippen LogP) is 0.529. The molecule has 1 aliphatic heterocycles.